The van der Waals surface area contributed by atoms with E-state index in [0.717, 1.165) is 11.3 Å². The highest BCUT2D eigenvalue weighted by molar-refractivity contribution is 5.90. The average molecular weight is 365 g/mol. The van der Waals surface area contributed by atoms with Crippen LogP contribution >= 0.6 is 0 Å². The largest absolute Gasteiger partial charge is 0.494 e. The second-order valence-corrected chi connectivity index (χ2v) is 6.43. The number of anilines is 1. The predicted octanol–water partition coefficient (Wildman–Crippen LogP) is 3.50. The van der Waals surface area contributed by atoms with Crippen molar-refractivity contribution in [1.82, 2.24) is 20.2 Å². The van der Waals surface area contributed by atoms with Crippen LogP contribution in [0.5, 0.6) is 5.75 Å². The van der Waals surface area contributed by atoms with Crippen molar-refractivity contribution in [2.45, 2.75) is 33.2 Å². The molecule has 0 bridgehead atoms. The first-order valence-corrected chi connectivity index (χ1v) is 8.96. The molecule has 0 spiro atoms. The van der Waals surface area contributed by atoms with Gasteiger partial charge in [0.1, 0.15) is 12.3 Å². The molecule has 140 valence electrons. The first kappa shape index (κ1) is 18.6. The van der Waals surface area contributed by atoms with Gasteiger partial charge in [-0.15, -0.1) is 10.2 Å². The fourth-order valence-electron chi connectivity index (χ4n) is 2.57. The Labute approximate surface area is 158 Å². The average Bonchev–Trinajstić information content (AvgIpc) is 3.12. The van der Waals surface area contributed by atoms with Crippen molar-refractivity contribution in [3.05, 3.63) is 54.1 Å². The normalized spacial score (nSPS) is 10.8. The van der Waals surface area contributed by atoms with Gasteiger partial charge in [-0.1, -0.05) is 38.1 Å². The Morgan fingerprint density at radius 1 is 1.11 bits per heavy atom. The molecule has 1 aromatic heterocycles. The molecule has 0 saturated carbocycles. The molecule has 0 radical (unpaired) electrons. The summed E-state index contributed by atoms with van der Waals surface area (Å²) in [7, 11) is 0. The van der Waals surface area contributed by atoms with Crippen LogP contribution in [0, 0.1) is 0 Å². The van der Waals surface area contributed by atoms with Gasteiger partial charge >= 0.3 is 0 Å². The SMILES string of the molecule is CCOc1ccc(NC(=O)Cn2nnc(-c3ccc(C(C)C)cc3)n2)cc1. The summed E-state index contributed by atoms with van der Waals surface area (Å²) in [4.78, 5) is 13.5. The van der Waals surface area contributed by atoms with Crippen molar-refractivity contribution in [3.63, 3.8) is 0 Å². The van der Waals surface area contributed by atoms with Crippen LogP contribution in [-0.4, -0.2) is 32.7 Å². The molecule has 27 heavy (non-hydrogen) atoms. The summed E-state index contributed by atoms with van der Waals surface area (Å²) >= 11 is 0. The van der Waals surface area contributed by atoms with E-state index in [1.165, 1.54) is 10.4 Å². The fraction of sp³-hybridized carbons (Fsp3) is 0.300. The van der Waals surface area contributed by atoms with Crippen LogP contribution in [0.4, 0.5) is 5.69 Å². The number of nitrogens with zero attached hydrogens (tertiary/aromatic N) is 4. The maximum Gasteiger partial charge on any atom is 0.248 e. The van der Waals surface area contributed by atoms with Gasteiger partial charge in [0, 0.05) is 11.3 Å². The number of hydrogen-bond acceptors (Lipinski definition) is 5. The molecule has 0 aliphatic carbocycles. The van der Waals surface area contributed by atoms with E-state index in [2.05, 4.69) is 46.7 Å². The van der Waals surface area contributed by atoms with Crippen LogP contribution in [0.3, 0.4) is 0 Å². The summed E-state index contributed by atoms with van der Waals surface area (Å²) in [5.41, 5.74) is 2.81. The Morgan fingerprint density at radius 3 is 2.44 bits per heavy atom. The van der Waals surface area contributed by atoms with Gasteiger partial charge in [-0.2, -0.15) is 4.80 Å². The molecule has 7 heteroatoms. The van der Waals surface area contributed by atoms with Gasteiger partial charge in [-0.3, -0.25) is 4.79 Å². The third kappa shape index (κ3) is 4.91. The lowest BCUT2D eigenvalue weighted by molar-refractivity contribution is -0.117. The van der Waals surface area contributed by atoms with Crippen LogP contribution in [0.25, 0.3) is 11.4 Å². The van der Waals surface area contributed by atoms with Crippen molar-refractivity contribution in [2.24, 2.45) is 0 Å². The quantitative estimate of drug-likeness (QED) is 0.693. The zero-order chi connectivity index (χ0) is 19.2. The topological polar surface area (TPSA) is 81.9 Å². The van der Waals surface area contributed by atoms with E-state index >= 15 is 0 Å². The minimum absolute atomic E-state index is 0.00963. The highest BCUT2D eigenvalue weighted by atomic mass is 16.5. The Bertz CT molecular complexity index is 885. The second kappa shape index (κ2) is 8.44. The van der Waals surface area contributed by atoms with Gasteiger partial charge in [-0.05, 0) is 47.9 Å². The number of amides is 1. The monoisotopic (exact) mass is 365 g/mol. The molecule has 0 atom stereocenters. The summed E-state index contributed by atoms with van der Waals surface area (Å²) in [6.45, 7) is 6.81. The summed E-state index contributed by atoms with van der Waals surface area (Å²) in [5, 5.41) is 15.1. The molecule has 0 saturated heterocycles. The third-order valence-electron chi connectivity index (χ3n) is 4.02. The summed E-state index contributed by atoms with van der Waals surface area (Å²) < 4.78 is 5.38. The van der Waals surface area contributed by atoms with Crippen molar-refractivity contribution >= 4 is 11.6 Å². The highest BCUT2D eigenvalue weighted by Crippen LogP contribution is 2.19. The van der Waals surface area contributed by atoms with E-state index in [1.54, 1.807) is 12.1 Å². The highest BCUT2D eigenvalue weighted by Gasteiger charge is 2.10. The first-order chi connectivity index (χ1) is 13.0. The summed E-state index contributed by atoms with van der Waals surface area (Å²) in [6, 6.07) is 15.3. The molecule has 0 aliphatic heterocycles. The Hall–Kier alpha value is -3.22. The van der Waals surface area contributed by atoms with Crippen LogP contribution < -0.4 is 10.1 Å². The number of benzene rings is 2. The van der Waals surface area contributed by atoms with Gasteiger partial charge in [0.05, 0.1) is 6.61 Å². The predicted molar refractivity (Wildman–Crippen MR) is 104 cm³/mol. The molecular weight excluding hydrogens is 342 g/mol. The van der Waals surface area contributed by atoms with Gasteiger partial charge in [0.2, 0.25) is 11.7 Å². The van der Waals surface area contributed by atoms with Crippen LogP contribution in [-0.2, 0) is 11.3 Å². The number of ether oxygens (including phenoxy) is 1. The van der Waals surface area contributed by atoms with Gasteiger partial charge < -0.3 is 10.1 Å². The third-order valence-corrected chi connectivity index (χ3v) is 4.02. The lowest BCUT2D eigenvalue weighted by Gasteiger charge is -2.06. The maximum absolute atomic E-state index is 12.2. The summed E-state index contributed by atoms with van der Waals surface area (Å²) in [5.74, 6) is 1.51. The van der Waals surface area contributed by atoms with Gasteiger partial charge in [-0.25, -0.2) is 0 Å². The number of hydrogen-bond donors (Lipinski definition) is 1. The molecule has 0 fully saturated rings. The van der Waals surface area contributed by atoms with E-state index < -0.39 is 0 Å². The zero-order valence-corrected chi connectivity index (χ0v) is 15.7. The first-order valence-electron chi connectivity index (χ1n) is 8.96. The van der Waals surface area contributed by atoms with Crippen molar-refractivity contribution in [3.8, 4) is 17.1 Å². The van der Waals surface area contributed by atoms with Crippen molar-refractivity contribution in [1.29, 1.82) is 0 Å². The molecule has 3 aromatic rings. The van der Waals surface area contributed by atoms with Crippen LogP contribution in [0.1, 0.15) is 32.3 Å². The standard InChI is InChI=1S/C20H23N5O2/c1-4-27-18-11-9-17(10-12-18)21-19(26)13-25-23-20(22-24-25)16-7-5-15(6-8-16)14(2)3/h5-12,14H,4,13H2,1-3H3,(H,21,26). The number of nitrogens with one attached hydrogen (secondary N) is 1. The maximum atomic E-state index is 12.2. The molecule has 3 rings (SSSR count). The Kier molecular flexibility index (Phi) is 5.80. The van der Waals surface area contributed by atoms with E-state index in [9.17, 15) is 4.79 Å². The summed E-state index contributed by atoms with van der Waals surface area (Å²) in [6.07, 6.45) is 0. The number of tetrazole rings is 1. The Morgan fingerprint density at radius 2 is 1.81 bits per heavy atom. The number of carbonyl (C=O) groups is 1. The van der Waals surface area contributed by atoms with E-state index in [-0.39, 0.29) is 12.5 Å². The lowest BCUT2D eigenvalue weighted by Crippen LogP contribution is -2.20. The zero-order valence-electron chi connectivity index (χ0n) is 15.7. The smallest absolute Gasteiger partial charge is 0.248 e. The van der Waals surface area contributed by atoms with E-state index in [1.807, 2.05) is 31.2 Å². The molecule has 2 aromatic carbocycles. The van der Waals surface area contributed by atoms with E-state index in [4.69, 9.17) is 4.74 Å². The van der Waals surface area contributed by atoms with Crippen molar-refractivity contribution in [2.75, 3.05) is 11.9 Å². The number of aromatic nitrogens is 4. The number of rotatable bonds is 7. The number of carbonyl (C=O) groups excluding carboxylic acids is 1. The lowest BCUT2D eigenvalue weighted by atomic mass is 10.0. The molecule has 1 N–H and O–H groups in total. The van der Waals surface area contributed by atoms with Crippen molar-refractivity contribution < 1.29 is 9.53 Å². The minimum atomic E-state index is -0.224. The van der Waals surface area contributed by atoms with Crippen LogP contribution in [0.2, 0.25) is 0 Å². The van der Waals surface area contributed by atoms with Gasteiger partial charge in [0.15, 0.2) is 0 Å². The molecule has 0 unspecified atom stereocenters. The fourth-order valence-corrected chi connectivity index (χ4v) is 2.57. The Balaban J connectivity index is 1.60. The molecular formula is C20H23N5O2. The molecule has 0 aliphatic rings. The van der Waals surface area contributed by atoms with E-state index in [0.29, 0.717) is 24.0 Å². The van der Waals surface area contributed by atoms with Gasteiger partial charge in [0.25, 0.3) is 0 Å². The van der Waals surface area contributed by atoms with Crippen LogP contribution in [0.15, 0.2) is 48.5 Å². The second-order valence-electron chi connectivity index (χ2n) is 6.43. The molecule has 1 heterocycles. The molecule has 1 amide bonds. The minimum Gasteiger partial charge on any atom is -0.494 e. The molecule has 7 nitrogen and oxygen atoms in total.